The molecule has 0 aliphatic heterocycles. The molecule has 0 N–H and O–H groups in total. The maximum absolute atomic E-state index is 2.49. The molecule has 1 fully saturated rings. The van der Waals surface area contributed by atoms with E-state index in [0.29, 0.717) is 5.41 Å². The van der Waals surface area contributed by atoms with Crippen LogP contribution in [0.5, 0.6) is 0 Å². The van der Waals surface area contributed by atoms with E-state index in [0.717, 1.165) is 5.92 Å². The van der Waals surface area contributed by atoms with Crippen molar-refractivity contribution >= 4 is 0 Å². The van der Waals surface area contributed by atoms with Crippen LogP contribution in [0.25, 0.3) is 0 Å². The number of allylic oxidation sites excluding steroid dienone is 4. The van der Waals surface area contributed by atoms with Gasteiger partial charge in [-0.15, -0.1) is 0 Å². The summed E-state index contributed by atoms with van der Waals surface area (Å²) in [7, 11) is 0. The predicted molar refractivity (Wildman–Crippen MR) is 66.8 cm³/mol. The Morgan fingerprint density at radius 1 is 1.20 bits per heavy atom. The van der Waals surface area contributed by atoms with Gasteiger partial charge in [0.15, 0.2) is 0 Å². The summed E-state index contributed by atoms with van der Waals surface area (Å²) in [6.07, 6.45) is 9.10. The molecule has 0 heterocycles. The van der Waals surface area contributed by atoms with Crippen LogP contribution in [0.3, 0.4) is 0 Å². The lowest BCUT2D eigenvalue weighted by molar-refractivity contribution is 0.154. The van der Waals surface area contributed by atoms with Crippen LogP contribution in [0.15, 0.2) is 22.8 Å². The smallest absolute Gasteiger partial charge is 0.0111 e. The molecule has 0 bridgehead atoms. The van der Waals surface area contributed by atoms with E-state index in [4.69, 9.17) is 0 Å². The van der Waals surface area contributed by atoms with Crippen molar-refractivity contribution in [1.29, 1.82) is 0 Å². The highest BCUT2D eigenvalue weighted by molar-refractivity contribution is 5.29. The molecule has 0 spiro atoms. The van der Waals surface area contributed by atoms with Gasteiger partial charge >= 0.3 is 0 Å². The minimum atomic E-state index is 0.553. The van der Waals surface area contributed by atoms with Crippen LogP contribution < -0.4 is 0 Å². The van der Waals surface area contributed by atoms with E-state index in [-0.39, 0.29) is 0 Å². The molecule has 0 radical (unpaired) electrons. The third-order valence-corrected chi connectivity index (χ3v) is 4.38. The lowest BCUT2D eigenvalue weighted by Crippen LogP contribution is -2.37. The molecule has 0 aromatic heterocycles. The van der Waals surface area contributed by atoms with Crippen molar-refractivity contribution in [3.63, 3.8) is 0 Å². The average molecular weight is 204 g/mol. The van der Waals surface area contributed by atoms with Crippen molar-refractivity contribution in [3.8, 4) is 0 Å². The average Bonchev–Trinajstić information content (AvgIpc) is 2.18. The third-order valence-electron chi connectivity index (χ3n) is 4.38. The fraction of sp³-hybridized carbons (Fsp3) is 0.733. The van der Waals surface area contributed by atoms with Crippen LogP contribution in [-0.2, 0) is 0 Å². The summed E-state index contributed by atoms with van der Waals surface area (Å²) in [6, 6.07) is 0. The first-order valence-corrected chi connectivity index (χ1v) is 6.35. The van der Waals surface area contributed by atoms with E-state index >= 15 is 0 Å². The first-order valence-electron chi connectivity index (χ1n) is 6.35. The molecule has 1 atom stereocenters. The Morgan fingerprint density at radius 2 is 1.93 bits per heavy atom. The molecule has 0 nitrogen and oxygen atoms in total. The molecule has 2 aliphatic carbocycles. The molecule has 2 aliphatic rings. The van der Waals surface area contributed by atoms with E-state index in [2.05, 4.69) is 33.8 Å². The second kappa shape index (κ2) is 3.81. The van der Waals surface area contributed by atoms with Gasteiger partial charge in [0.05, 0.1) is 0 Å². The fourth-order valence-corrected chi connectivity index (χ4v) is 3.20. The van der Waals surface area contributed by atoms with Gasteiger partial charge in [-0.2, -0.15) is 0 Å². The van der Waals surface area contributed by atoms with Crippen LogP contribution in [0.1, 0.15) is 59.8 Å². The van der Waals surface area contributed by atoms with Crippen LogP contribution in [-0.4, -0.2) is 0 Å². The number of fused-ring (bicyclic) bond motifs is 1. The minimum Gasteiger partial charge on any atom is -0.0850 e. The van der Waals surface area contributed by atoms with Gasteiger partial charge in [-0.25, -0.2) is 0 Å². The van der Waals surface area contributed by atoms with Gasteiger partial charge in [0, 0.05) is 0 Å². The van der Waals surface area contributed by atoms with Gasteiger partial charge in [-0.1, -0.05) is 36.6 Å². The van der Waals surface area contributed by atoms with E-state index in [9.17, 15) is 0 Å². The Bertz CT molecular complexity index is 315. The highest BCUT2D eigenvalue weighted by Crippen LogP contribution is 2.54. The Labute approximate surface area is 94.5 Å². The normalized spacial score (nSPS) is 38.9. The molecular formula is C15H24. The van der Waals surface area contributed by atoms with Crippen LogP contribution in [0, 0.1) is 11.3 Å². The molecule has 2 rings (SSSR count). The first-order chi connectivity index (χ1) is 7.00. The van der Waals surface area contributed by atoms with Gasteiger partial charge in [-0.3, -0.25) is 0 Å². The standard InChI is InChI=1S/C15H24/c1-11-6-5-7-12(2)13-10-15(3,4)14(13)9-8-11/h8,14H,5-7,9-10H2,1-4H3/b11-8-,13-12-/t14-/m1/s1. The van der Waals surface area contributed by atoms with Gasteiger partial charge in [-0.05, 0) is 57.3 Å². The Balaban J connectivity index is 2.23. The Morgan fingerprint density at radius 3 is 2.60 bits per heavy atom. The number of hydrogen-bond donors (Lipinski definition) is 0. The highest BCUT2D eigenvalue weighted by Gasteiger charge is 2.42. The molecule has 0 unspecified atom stereocenters. The lowest BCUT2D eigenvalue weighted by atomic mass is 9.57. The molecule has 1 saturated carbocycles. The topological polar surface area (TPSA) is 0 Å². The van der Waals surface area contributed by atoms with Crippen LogP contribution in [0.4, 0.5) is 0 Å². The van der Waals surface area contributed by atoms with E-state index in [1.54, 1.807) is 16.7 Å². The quantitative estimate of drug-likeness (QED) is 0.494. The summed E-state index contributed by atoms with van der Waals surface area (Å²) in [4.78, 5) is 0. The molecule has 0 saturated heterocycles. The summed E-state index contributed by atoms with van der Waals surface area (Å²) in [5.41, 5.74) is 5.64. The van der Waals surface area contributed by atoms with Crippen LogP contribution >= 0.6 is 0 Å². The summed E-state index contributed by atoms with van der Waals surface area (Å²) in [5.74, 6) is 0.838. The second-order valence-electron chi connectivity index (χ2n) is 6.16. The van der Waals surface area contributed by atoms with E-state index in [1.807, 2.05) is 0 Å². The summed E-state index contributed by atoms with van der Waals surface area (Å²) in [6.45, 7) is 9.51. The number of hydrogen-bond acceptors (Lipinski definition) is 0. The second-order valence-corrected chi connectivity index (χ2v) is 6.16. The summed E-state index contributed by atoms with van der Waals surface area (Å²) in [5, 5.41) is 0. The highest BCUT2D eigenvalue weighted by atomic mass is 14.5. The maximum Gasteiger partial charge on any atom is -0.0111 e. The zero-order valence-corrected chi connectivity index (χ0v) is 10.7. The van der Waals surface area contributed by atoms with Crippen molar-refractivity contribution in [3.05, 3.63) is 22.8 Å². The fourth-order valence-electron chi connectivity index (χ4n) is 3.20. The molecule has 0 heteroatoms. The Hall–Kier alpha value is -0.520. The minimum absolute atomic E-state index is 0.553. The number of rotatable bonds is 0. The van der Waals surface area contributed by atoms with E-state index < -0.39 is 0 Å². The van der Waals surface area contributed by atoms with Crippen LogP contribution in [0.2, 0.25) is 0 Å². The van der Waals surface area contributed by atoms with Crippen molar-refractivity contribution in [2.45, 2.75) is 59.8 Å². The molecule has 0 aromatic rings. The summed E-state index contributed by atoms with van der Waals surface area (Å²) < 4.78 is 0. The Kier molecular flexibility index (Phi) is 2.79. The van der Waals surface area contributed by atoms with E-state index in [1.165, 1.54) is 32.1 Å². The van der Waals surface area contributed by atoms with Crippen molar-refractivity contribution in [2.24, 2.45) is 11.3 Å². The lowest BCUT2D eigenvalue weighted by Gasteiger charge is -2.48. The largest absolute Gasteiger partial charge is 0.0850 e. The zero-order valence-electron chi connectivity index (χ0n) is 10.7. The SMILES string of the molecule is C/C1=C/C[C@@H]2/C(=C(/C)CCC1)CC2(C)C. The molecular weight excluding hydrogens is 180 g/mol. The van der Waals surface area contributed by atoms with Gasteiger partial charge < -0.3 is 0 Å². The van der Waals surface area contributed by atoms with Gasteiger partial charge in [0.2, 0.25) is 0 Å². The third kappa shape index (κ3) is 2.04. The van der Waals surface area contributed by atoms with Crippen molar-refractivity contribution in [1.82, 2.24) is 0 Å². The zero-order chi connectivity index (χ0) is 11.1. The predicted octanol–water partition coefficient (Wildman–Crippen LogP) is 4.87. The monoisotopic (exact) mass is 204 g/mol. The first kappa shape index (κ1) is 11.0. The molecule has 84 valence electrons. The summed E-state index contributed by atoms with van der Waals surface area (Å²) >= 11 is 0. The molecule has 15 heavy (non-hydrogen) atoms. The van der Waals surface area contributed by atoms with Gasteiger partial charge in [0.25, 0.3) is 0 Å². The molecule has 0 amide bonds. The van der Waals surface area contributed by atoms with Gasteiger partial charge in [0.1, 0.15) is 0 Å². The van der Waals surface area contributed by atoms with Crippen molar-refractivity contribution < 1.29 is 0 Å². The van der Waals surface area contributed by atoms with Crippen molar-refractivity contribution in [2.75, 3.05) is 0 Å². The molecule has 0 aromatic carbocycles. The maximum atomic E-state index is 2.49.